The van der Waals surface area contributed by atoms with Crippen LogP contribution < -0.4 is 10.1 Å². The van der Waals surface area contributed by atoms with Crippen molar-refractivity contribution in [3.05, 3.63) is 30.1 Å². The molecule has 4 heteroatoms. The maximum atomic E-state index is 5.50. The normalized spacial score (nSPS) is 10.7. The minimum absolute atomic E-state index is 0.467. The number of nitrogens with zero attached hydrogens (tertiary/aromatic N) is 2. The quantitative estimate of drug-likeness (QED) is 0.550. The van der Waals surface area contributed by atoms with E-state index in [0.717, 1.165) is 37.2 Å². The van der Waals surface area contributed by atoms with Gasteiger partial charge in [-0.3, -0.25) is 0 Å². The maximum absolute atomic E-state index is 5.50. The number of nitrogens with one attached hydrogen (secondary N) is 1. The smallest absolute Gasteiger partial charge is 0.316 e. The predicted molar refractivity (Wildman–Crippen MR) is 78.2 cm³/mol. The molecular weight excluding hydrogens is 238 g/mol. The predicted octanol–water partition coefficient (Wildman–Crippen LogP) is 2.88. The van der Waals surface area contributed by atoms with Crippen molar-refractivity contribution in [1.82, 2.24) is 15.3 Å². The monoisotopic (exact) mass is 263 g/mol. The first-order chi connectivity index (χ1) is 9.13. The molecule has 1 N–H and O–H groups in total. The van der Waals surface area contributed by atoms with Crippen LogP contribution in [-0.4, -0.2) is 23.1 Å². The number of hydrogen-bond donors (Lipinski definition) is 1. The van der Waals surface area contributed by atoms with Crippen LogP contribution in [0.5, 0.6) is 6.01 Å². The van der Waals surface area contributed by atoms with Crippen LogP contribution in [-0.2, 0) is 6.54 Å². The fourth-order valence-corrected chi connectivity index (χ4v) is 1.60. The van der Waals surface area contributed by atoms with Crippen molar-refractivity contribution >= 4 is 0 Å². The summed E-state index contributed by atoms with van der Waals surface area (Å²) >= 11 is 0. The Hall–Kier alpha value is -1.42. The van der Waals surface area contributed by atoms with Crippen molar-refractivity contribution in [2.24, 2.45) is 5.92 Å². The highest BCUT2D eigenvalue weighted by molar-refractivity contribution is 5.17. The Morgan fingerprint density at radius 2 is 2.26 bits per heavy atom. The summed E-state index contributed by atoms with van der Waals surface area (Å²) in [6, 6.07) is 0.467. The summed E-state index contributed by atoms with van der Waals surface area (Å²) in [6.45, 7) is 12.5. The lowest BCUT2D eigenvalue weighted by Crippen LogP contribution is -2.20. The third kappa shape index (κ3) is 6.34. The molecule has 0 atom stereocenters. The first-order valence-electron chi connectivity index (χ1n) is 6.90. The molecule has 0 radical (unpaired) electrons. The lowest BCUT2D eigenvalue weighted by atomic mass is 10.2. The molecule has 1 aromatic heterocycles. The van der Waals surface area contributed by atoms with Crippen molar-refractivity contribution < 1.29 is 4.74 Å². The van der Waals surface area contributed by atoms with E-state index in [2.05, 4.69) is 35.7 Å². The Balaban J connectivity index is 2.42. The molecule has 0 aliphatic rings. The van der Waals surface area contributed by atoms with E-state index in [-0.39, 0.29) is 0 Å². The van der Waals surface area contributed by atoms with Crippen LogP contribution in [0.25, 0.3) is 0 Å². The van der Waals surface area contributed by atoms with Gasteiger partial charge in [-0.05, 0) is 32.2 Å². The molecule has 0 aliphatic carbocycles. The van der Waals surface area contributed by atoms with E-state index in [1.165, 1.54) is 0 Å². The van der Waals surface area contributed by atoms with Crippen LogP contribution in [0.1, 0.15) is 37.9 Å². The summed E-state index contributed by atoms with van der Waals surface area (Å²) < 4.78 is 5.50. The molecule has 1 heterocycles. The molecule has 0 aliphatic heterocycles. The minimum Gasteiger partial charge on any atom is -0.463 e. The molecule has 1 rings (SSSR count). The molecule has 0 saturated carbocycles. The summed E-state index contributed by atoms with van der Waals surface area (Å²) in [6.07, 6.45) is 5.64. The highest BCUT2D eigenvalue weighted by atomic mass is 16.5. The number of hydrogen-bond acceptors (Lipinski definition) is 4. The second-order valence-electron chi connectivity index (χ2n) is 5.07. The number of allylic oxidation sites excluding steroid dienone is 1. The molecule has 0 unspecified atom stereocenters. The minimum atomic E-state index is 0.467. The first kappa shape index (κ1) is 15.6. The van der Waals surface area contributed by atoms with Crippen LogP contribution in [0.4, 0.5) is 0 Å². The number of aryl methyl sites for hydroxylation is 1. The topological polar surface area (TPSA) is 47.0 Å². The summed E-state index contributed by atoms with van der Waals surface area (Å²) in [5, 5.41) is 3.39. The highest BCUT2D eigenvalue weighted by Crippen LogP contribution is 2.09. The number of unbranched alkanes of at least 4 members (excludes halogenated alkanes) is 1. The average molecular weight is 263 g/mol. The second-order valence-corrected chi connectivity index (χ2v) is 5.07. The third-order valence-electron chi connectivity index (χ3n) is 2.71. The Morgan fingerprint density at radius 3 is 2.89 bits per heavy atom. The van der Waals surface area contributed by atoms with E-state index >= 15 is 0 Å². The lowest BCUT2D eigenvalue weighted by molar-refractivity contribution is 0.286. The fraction of sp³-hybridized carbons (Fsp3) is 0.600. The van der Waals surface area contributed by atoms with E-state index < -0.39 is 0 Å². The van der Waals surface area contributed by atoms with E-state index in [4.69, 9.17) is 4.74 Å². The van der Waals surface area contributed by atoms with Crippen LogP contribution >= 0.6 is 0 Å². The van der Waals surface area contributed by atoms with Crippen molar-refractivity contribution in [2.75, 3.05) is 13.2 Å². The maximum Gasteiger partial charge on any atom is 0.316 e. The molecule has 0 bridgehead atoms. The van der Waals surface area contributed by atoms with E-state index in [1.54, 1.807) is 0 Å². The number of ether oxygens (including phenoxy) is 1. The van der Waals surface area contributed by atoms with Gasteiger partial charge in [0.1, 0.15) is 0 Å². The van der Waals surface area contributed by atoms with Gasteiger partial charge in [-0.1, -0.05) is 19.9 Å². The van der Waals surface area contributed by atoms with E-state index in [0.29, 0.717) is 18.5 Å². The standard InChI is InChI=1S/C15H25N3O/c1-5-6-7-8-19-15-17-11-14(13(4)18-15)10-16-9-12(2)3/h5,11-12,16H,1,6-10H2,2-4H3. The zero-order valence-corrected chi connectivity index (χ0v) is 12.3. The van der Waals surface area contributed by atoms with Gasteiger partial charge in [0, 0.05) is 24.0 Å². The Kier molecular flexibility index (Phi) is 7.11. The van der Waals surface area contributed by atoms with Gasteiger partial charge in [0.2, 0.25) is 0 Å². The Bertz CT molecular complexity index is 391. The van der Waals surface area contributed by atoms with Gasteiger partial charge in [-0.25, -0.2) is 9.97 Å². The molecule has 4 nitrogen and oxygen atoms in total. The van der Waals surface area contributed by atoms with Crippen molar-refractivity contribution in [3.8, 4) is 6.01 Å². The van der Waals surface area contributed by atoms with E-state index in [9.17, 15) is 0 Å². The van der Waals surface area contributed by atoms with Gasteiger partial charge < -0.3 is 10.1 Å². The van der Waals surface area contributed by atoms with Gasteiger partial charge in [-0.2, -0.15) is 0 Å². The second kappa shape index (κ2) is 8.64. The molecular formula is C15H25N3O. The molecule has 0 aromatic carbocycles. The zero-order chi connectivity index (χ0) is 14.1. The van der Waals surface area contributed by atoms with Crippen LogP contribution in [0.3, 0.4) is 0 Å². The van der Waals surface area contributed by atoms with E-state index in [1.807, 2.05) is 19.2 Å². The number of aromatic nitrogens is 2. The highest BCUT2D eigenvalue weighted by Gasteiger charge is 2.04. The first-order valence-corrected chi connectivity index (χ1v) is 6.90. The Labute approximate surface area is 116 Å². The third-order valence-corrected chi connectivity index (χ3v) is 2.71. The summed E-state index contributed by atoms with van der Waals surface area (Å²) in [5.41, 5.74) is 2.10. The SMILES string of the molecule is C=CCCCOc1ncc(CNCC(C)C)c(C)n1. The Morgan fingerprint density at radius 1 is 1.47 bits per heavy atom. The van der Waals surface area contributed by atoms with Crippen molar-refractivity contribution in [1.29, 1.82) is 0 Å². The van der Waals surface area contributed by atoms with Crippen LogP contribution in [0, 0.1) is 12.8 Å². The van der Waals surface area contributed by atoms with Crippen molar-refractivity contribution in [3.63, 3.8) is 0 Å². The summed E-state index contributed by atoms with van der Waals surface area (Å²) in [7, 11) is 0. The summed E-state index contributed by atoms with van der Waals surface area (Å²) in [4.78, 5) is 8.61. The molecule has 19 heavy (non-hydrogen) atoms. The molecule has 0 spiro atoms. The van der Waals surface area contributed by atoms with Gasteiger partial charge >= 0.3 is 6.01 Å². The van der Waals surface area contributed by atoms with Crippen molar-refractivity contribution in [2.45, 2.75) is 40.2 Å². The molecule has 0 saturated heterocycles. The van der Waals surface area contributed by atoms with Gasteiger partial charge in [0.05, 0.1) is 6.61 Å². The van der Waals surface area contributed by atoms with Gasteiger partial charge in [-0.15, -0.1) is 6.58 Å². The zero-order valence-electron chi connectivity index (χ0n) is 12.3. The van der Waals surface area contributed by atoms with Gasteiger partial charge in [0.15, 0.2) is 0 Å². The molecule has 1 aromatic rings. The van der Waals surface area contributed by atoms with Crippen LogP contribution in [0.2, 0.25) is 0 Å². The molecule has 106 valence electrons. The van der Waals surface area contributed by atoms with Crippen LogP contribution in [0.15, 0.2) is 18.9 Å². The molecule has 0 fully saturated rings. The summed E-state index contributed by atoms with van der Waals surface area (Å²) in [5.74, 6) is 0.647. The lowest BCUT2D eigenvalue weighted by Gasteiger charge is -2.10. The fourth-order valence-electron chi connectivity index (χ4n) is 1.60. The number of rotatable bonds is 9. The molecule has 0 amide bonds. The largest absolute Gasteiger partial charge is 0.463 e. The average Bonchev–Trinajstić information content (AvgIpc) is 2.37. The van der Waals surface area contributed by atoms with Gasteiger partial charge in [0.25, 0.3) is 0 Å².